The Bertz CT molecular complexity index is 1450. The van der Waals surface area contributed by atoms with Crippen molar-refractivity contribution in [2.75, 3.05) is 36.8 Å². The molecule has 1 fully saturated rings. The summed E-state index contributed by atoms with van der Waals surface area (Å²) in [6.45, 7) is 5.79. The van der Waals surface area contributed by atoms with Gasteiger partial charge in [0.2, 0.25) is 16.0 Å². The minimum atomic E-state index is -3.58. The van der Waals surface area contributed by atoms with Crippen molar-refractivity contribution in [3.63, 3.8) is 0 Å². The van der Waals surface area contributed by atoms with E-state index < -0.39 is 10.0 Å². The lowest BCUT2D eigenvalue weighted by molar-refractivity contribution is 0.383. The van der Waals surface area contributed by atoms with E-state index in [1.807, 2.05) is 73.3 Å². The van der Waals surface area contributed by atoms with Gasteiger partial charge >= 0.3 is 0 Å². The number of nitrogens with zero attached hydrogens (tertiary/aromatic N) is 4. The molecule has 0 radical (unpaired) electrons. The standard InChI is InChI=1S/C26H27N5O2S/c1-18-16-23-24(17-19(18)2)28-26(29-25(23)27)30-12-14-31(15-13-30)34(32,33)22-10-8-21(9-11-22)20-6-4-3-5-7-20/h3-11,16-17H,12-15H2,1-2H3,(H2,27,28,29). The van der Waals surface area contributed by atoms with Crippen LogP contribution in [0.1, 0.15) is 11.1 Å². The van der Waals surface area contributed by atoms with Gasteiger partial charge in [-0.05, 0) is 60.4 Å². The first kappa shape index (κ1) is 22.3. The van der Waals surface area contributed by atoms with E-state index in [2.05, 4.69) is 4.98 Å². The van der Waals surface area contributed by atoms with Crippen molar-refractivity contribution in [3.8, 4) is 11.1 Å². The van der Waals surface area contributed by atoms with E-state index in [9.17, 15) is 8.42 Å². The summed E-state index contributed by atoms with van der Waals surface area (Å²) in [6.07, 6.45) is 0. The van der Waals surface area contributed by atoms with Crippen molar-refractivity contribution in [3.05, 3.63) is 77.9 Å². The average Bonchev–Trinajstić information content (AvgIpc) is 2.86. The quantitative estimate of drug-likeness (QED) is 0.482. The lowest BCUT2D eigenvalue weighted by Gasteiger charge is -2.34. The summed E-state index contributed by atoms with van der Waals surface area (Å²) in [7, 11) is -3.58. The molecule has 4 aromatic rings. The molecule has 1 aliphatic rings. The lowest BCUT2D eigenvalue weighted by Crippen LogP contribution is -2.49. The zero-order chi connectivity index (χ0) is 23.9. The van der Waals surface area contributed by atoms with Crippen molar-refractivity contribution in [1.29, 1.82) is 0 Å². The first-order chi connectivity index (χ1) is 16.3. The Hall–Kier alpha value is -3.49. The van der Waals surface area contributed by atoms with Crippen LogP contribution >= 0.6 is 0 Å². The average molecular weight is 474 g/mol. The van der Waals surface area contributed by atoms with Crippen LogP contribution in [0.4, 0.5) is 11.8 Å². The van der Waals surface area contributed by atoms with E-state index in [0.29, 0.717) is 42.8 Å². The second kappa shape index (κ2) is 8.70. The zero-order valence-corrected chi connectivity index (χ0v) is 20.1. The molecule has 0 amide bonds. The van der Waals surface area contributed by atoms with Gasteiger partial charge in [-0.1, -0.05) is 42.5 Å². The third-order valence-electron chi connectivity index (χ3n) is 6.45. The topological polar surface area (TPSA) is 92.4 Å². The number of rotatable bonds is 4. The monoisotopic (exact) mass is 473 g/mol. The van der Waals surface area contributed by atoms with E-state index in [1.54, 1.807) is 12.1 Å². The highest BCUT2D eigenvalue weighted by Gasteiger charge is 2.29. The number of piperazine rings is 1. The van der Waals surface area contributed by atoms with Crippen LogP contribution in [0, 0.1) is 13.8 Å². The van der Waals surface area contributed by atoms with E-state index in [-0.39, 0.29) is 0 Å². The van der Waals surface area contributed by atoms with Crippen molar-refractivity contribution >= 4 is 32.7 Å². The van der Waals surface area contributed by atoms with Gasteiger partial charge in [0.1, 0.15) is 5.82 Å². The molecule has 0 aliphatic carbocycles. The minimum Gasteiger partial charge on any atom is -0.383 e. The fraction of sp³-hybridized carbons (Fsp3) is 0.231. The molecule has 0 bridgehead atoms. The maximum atomic E-state index is 13.2. The molecule has 3 aromatic carbocycles. The van der Waals surface area contributed by atoms with Gasteiger partial charge in [-0.25, -0.2) is 13.4 Å². The molecule has 0 unspecified atom stereocenters. The van der Waals surface area contributed by atoms with Crippen LogP contribution in [-0.2, 0) is 10.0 Å². The SMILES string of the molecule is Cc1cc2nc(N3CCN(S(=O)(=O)c4ccc(-c5ccccc5)cc4)CC3)nc(N)c2cc1C. The molecule has 5 rings (SSSR count). The van der Waals surface area contributed by atoms with Crippen molar-refractivity contribution in [2.45, 2.75) is 18.7 Å². The fourth-order valence-corrected chi connectivity index (χ4v) is 5.69. The molecule has 8 heteroatoms. The highest BCUT2D eigenvalue weighted by molar-refractivity contribution is 7.89. The van der Waals surface area contributed by atoms with Gasteiger partial charge in [-0.3, -0.25) is 0 Å². The number of fused-ring (bicyclic) bond motifs is 1. The number of nitrogen functional groups attached to an aromatic ring is 1. The Kier molecular flexibility index (Phi) is 5.71. The maximum Gasteiger partial charge on any atom is 0.243 e. The summed E-state index contributed by atoms with van der Waals surface area (Å²) in [5.41, 5.74) is 11.4. The normalized spacial score (nSPS) is 15.1. The smallest absolute Gasteiger partial charge is 0.243 e. The number of benzene rings is 3. The van der Waals surface area contributed by atoms with E-state index in [1.165, 1.54) is 4.31 Å². The number of nitrogens with two attached hydrogens (primary N) is 1. The second-order valence-electron chi connectivity index (χ2n) is 8.64. The van der Waals surface area contributed by atoms with Crippen LogP contribution in [0.3, 0.4) is 0 Å². The highest BCUT2D eigenvalue weighted by Crippen LogP contribution is 2.27. The van der Waals surface area contributed by atoms with E-state index >= 15 is 0 Å². The minimum absolute atomic E-state index is 0.303. The Balaban J connectivity index is 1.32. The fourth-order valence-electron chi connectivity index (χ4n) is 4.27. The molecular weight excluding hydrogens is 446 g/mol. The Labute approximate surface area is 199 Å². The molecule has 0 atom stereocenters. The van der Waals surface area contributed by atoms with Gasteiger partial charge < -0.3 is 10.6 Å². The summed E-state index contributed by atoms with van der Waals surface area (Å²) in [4.78, 5) is 11.5. The maximum absolute atomic E-state index is 13.2. The Morgan fingerprint density at radius 3 is 2.09 bits per heavy atom. The Morgan fingerprint density at radius 1 is 0.794 bits per heavy atom. The van der Waals surface area contributed by atoms with Gasteiger partial charge in [0, 0.05) is 31.6 Å². The molecule has 7 nitrogen and oxygen atoms in total. The summed E-state index contributed by atoms with van der Waals surface area (Å²) in [5, 5.41) is 0.840. The predicted molar refractivity (Wildman–Crippen MR) is 136 cm³/mol. The molecule has 174 valence electrons. The van der Waals surface area contributed by atoms with E-state index in [4.69, 9.17) is 10.7 Å². The largest absolute Gasteiger partial charge is 0.383 e. The number of hydrogen-bond donors (Lipinski definition) is 1. The van der Waals surface area contributed by atoms with Gasteiger partial charge in [-0.15, -0.1) is 0 Å². The van der Waals surface area contributed by atoms with Crippen molar-refractivity contribution in [2.24, 2.45) is 0 Å². The van der Waals surface area contributed by atoms with Crippen molar-refractivity contribution in [1.82, 2.24) is 14.3 Å². The number of aryl methyl sites for hydroxylation is 2. The molecule has 2 N–H and O–H groups in total. The highest BCUT2D eigenvalue weighted by atomic mass is 32.2. The molecule has 2 heterocycles. The number of sulfonamides is 1. The number of aromatic nitrogens is 2. The first-order valence-electron chi connectivity index (χ1n) is 11.3. The third-order valence-corrected chi connectivity index (χ3v) is 8.36. The number of hydrogen-bond acceptors (Lipinski definition) is 6. The Morgan fingerprint density at radius 2 is 1.41 bits per heavy atom. The van der Waals surface area contributed by atoms with Crippen LogP contribution in [-0.4, -0.2) is 48.9 Å². The van der Waals surface area contributed by atoms with Crippen LogP contribution in [0.25, 0.3) is 22.0 Å². The summed E-state index contributed by atoms with van der Waals surface area (Å²) in [6, 6.07) is 21.0. The van der Waals surface area contributed by atoms with Crippen LogP contribution < -0.4 is 10.6 Å². The van der Waals surface area contributed by atoms with Gasteiger partial charge in [0.05, 0.1) is 10.4 Å². The summed E-state index contributed by atoms with van der Waals surface area (Å²) < 4.78 is 28.0. The molecule has 34 heavy (non-hydrogen) atoms. The molecule has 0 saturated carbocycles. The molecule has 1 aliphatic heterocycles. The molecule has 1 aromatic heterocycles. The first-order valence-corrected chi connectivity index (χ1v) is 12.7. The summed E-state index contributed by atoms with van der Waals surface area (Å²) in [5.74, 6) is 0.981. The second-order valence-corrected chi connectivity index (χ2v) is 10.6. The predicted octanol–water partition coefficient (Wildman–Crippen LogP) is 4.01. The molecule has 1 saturated heterocycles. The third kappa shape index (κ3) is 4.10. The number of anilines is 2. The van der Waals surface area contributed by atoms with Gasteiger partial charge in [-0.2, -0.15) is 9.29 Å². The van der Waals surface area contributed by atoms with Crippen LogP contribution in [0.2, 0.25) is 0 Å². The van der Waals surface area contributed by atoms with Crippen molar-refractivity contribution < 1.29 is 8.42 Å². The molecular formula is C26H27N5O2S. The van der Waals surface area contributed by atoms with Gasteiger partial charge in [0.25, 0.3) is 0 Å². The van der Waals surface area contributed by atoms with E-state index in [0.717, 1.165) is 33.2 Å². The summed E-state index contributed by atoms with van der Waals surface area (Å²) >= 11 is 0. The van der Waals surface area contributed by atoms with Crippen LogP contribution in [0.15, 0.2) is 71.6 Å². The molecule has 0 spiro atoms. The zero-order valence-electron chi connectivity index (χ0n) is 19.3. The van der Waals surface area contributed by atoms with Gasteiger partial charge in [0.15, 0.2) is 0 Å². The lowest BCUT2D eigenvalue weighted by atomic mass is 10.1. The van der Waals surface area contributed by atoms with Crippen LogP contribution in [0.5, 0.6) is 0 Å².